The van der Waals surface area contributed by atoms with E-state index >= 15 is 0 Å². The van der Waals surface area contributed by atoms with Gasteiger partial charge in [0.1, 0.15) is 0 Å². The maximum Gasteiger partial charge on any atom is 0.253 e. The maximum absolute atomic E-state index is 12.2. The summed E-state index contributed by atoms with van der Waals surface area (Å²) >= 11 is 11.4. The van der Waals surface area contributed by atoms with Gasteiger partial charge >= 0.3 is 0 Å². The van der Waals surface area contributed by atoms with Gasteiger partial charge in [0.25, 0.3) is 5.91 Å². The van der Waals surface area contributed by atoms with E-state index in [1.807, 2.05) is 17.8 Å². The predicted molar refractivity (Wildman–Crippen MR) is 86.2 cm³/mol. The first-order valence-electron chi connectivity index (χ1n) is 6.47. The van der Waals surface area contributed by atoms with Crippen LogP contribution in [0.5, 0.6) is 0 Å². The highest BCUT2D eigenvalue weighted by Gasteiger charge is 2.26. The zero-order valence-corrected chi connectivity index (χ0v) is 13.9. The summed E-state index contributed by atoms with van der Waals surface area (Å²) in [5, 5.41) is 4.28. The van der Waals surface area contributed by atoms with Gasteiger partial charge in [0, 0.05) is 15.8 Å². The highest BCUT2D eigenvalue weighted by molar-refractivity contribution is 9.10. The van der Waals surface area contributed by atoms with Crippen molar-refractivity contribution in [1.29, 1.82) is 0 Å². The number of hydrogen-bond acceptors (Lipinski definition) is 2. The molecule has 2 unspecified atom stereocenters. The molecular weight excluding hydrogens is 346 g/mol. The van der Waals surface area contributed by atoms with Gasteiger partial charge in [-0.25, -0.2) is 0 Å². The molecule has 19 heavy (non-hydrogen) atoms. The fraction of sp³-hybridized carbons (Fsp3) is 0.500. The van der Waals surface area contributed by atoms with Crippen LogP contribution in [0.3, 0.4) is 0 Å². The SMILES string of the molecule is CCSC1CCC(NC(=O)c2cc(Br)ccc2Cl)C1. The van der Waals surface area contributed by atoms with Crippen molar-refractivity contribution in [3.8, 4) is 0 Å². The minimum absolute atomic E-state index is 0.0709. The van der Waals surface area contributed by atoms with Gasteiger partial charge in [0.2, 0.25) is 0 Å². The summed E-state index contributed by atoms with van der Waals surface area (Å²) in [6.45, 7) is 2.18. The van der Waals surface area contributed by atoms with Gasteiger partial charge < -0.3 is 5.32 Å². The topological polar surface area (TPSA) is 29.1 Å². The molecule has 1 aliphatic rings. The molecule has 2 rings (SSSR count). The van der Waals surface area contributed by atoms with Crippen LogP contribution < -0.4 is 5.32 Å². The Bertz CT molecular complexity index is 469. The molecule has 1 aromatic rings. The molecule has 0 heterocycles. The summed E-state index contributed by atoms with van der Waals surface area (Å²) in [5.74, 6) is 1.07. The van der Waals surface area contributed by atoms with Crippen LogP contribution in [0.4, 0.5) is 0 Å². The van der Waals surface area contributed by atoms with Crippen LogP contribution in [-0.2, 0) is 0 Å². The number of amides is 1. The van der Waals surface area contributed by atoms with E-state index < -0.39 is 0 Å². The molecule has 0 spiro atoms. The summed E-state index contributed by atoms with van der Waals surface area (Å²) in [5.41, 5.74) is 0.544. The van der Waals surface area contributed by atoms with Crippen molar-refractivity contribution in [3.05, 3.63) is 33.3 Å². The quantitative estimate of drug-likeness (QED) is 0.854. The maximum atomic E-state index is 12.2. The second-order valence-corrected chi connectivity index (χ2v) is 7.59. The summed E-state index contributed by atoms with van der Waals surface area (Å²) < 4.78 is 0.868. The molecule has 5 heteroatoms. The smallest absolute Gasteiger partial charge is 0.253 e. The highest BCUT2D eigenvalue weighted by atomic mass is 79.9. The first kappa shape index (κ1) is 15.2. The monoisotopic (exact) mass is 361 g/mol. The van der Waals surface area contributed by atoms with Gasteiger partial charge in [-0.2, -0.15) is 11.8 Å². The lowest BCUT2D eigenvalue weighted by atomic mass is 10.2. The Balaban J connectivity index is 1.96. The Morgan fingerprint density at radius 1 is 1.53 bits per heavy atom. The van der Waals surface area contributed by atoms with E-state index in [-0.39, 0.29) is 11.9 Å². The lowest BCUT2D eigenvalue weighted by molar-refractivity contribution is 0.0938. The average Bonchev–Trinajstić information content (AvgIpc) is 2.80. The predicted octanol–water partition coefficient (Wildman–Crippen LogP) is 4.51. The van der Waals surface area contributed by atoms with E-state index in [0.29, 0.717) is 15.8 Å². The van der Waals surface area contributed by atoms with Crippen LogP contribution in [0.15, 0.2) is 22.7 Å². The Morgan fingerprint density at radius 2 is 2.32 bits per heavy atom. The molecule has 0 radical (unpaired) electrons. The summed E-state index contributed by atoms with van der Waals surface area (Å²) in [7, 11) is 0. The van der Waals surface area contributed by atoms with Gasteiger partial charge in [0.15, 0.2) is 0 Å². The second kappa shape index (κ2) is 7.00. The number of nitrogens with one attached hydrogen (secondary N) is 1. The molecule has 0 saturated heterocycles. The third kappa shape index (κ3) is 4.14. The minimum atomic E-state index is -0.0709. The zero-order chi connectivity index (χ0) is 13.8. The van der Waals surface area contributed by atoms with E-state index in [4.69, 9.17) is 11.6 Å². The standard InChI is InChI=1S/C14H17BrClNOS/c1-2-19-11-5-4-10(8-11)17-14(18)12-7-9(15)3-6-13(12)16/h3,6-7,10-11H,2,4-5,8H2,1H3,(H,17,18). The Kier molecular flexibility index (Phi) is 5.60. The molecule has 1 amide bonds. The Labute approximate surface area is 131 Å². The normalized spacial score (nSPS) is 22.5. The lowest BCUT2D eigenvalue weighted by Crippen LogP contribution is -2.33. The van der Waals surface area contributed by atoms with Crippen molar-refractivity contribution in [3.63, 3.8) is 0 Å². The summed E-state index contributed by atoms with van der Waals surface area (Å²) in [6.07, 6.45) is 3.32. The van der Waals surface area contributed by atoms with E-state index in [0.717, 1.165) is 23.1 Å². The van der Waals surface area contributed by atoms with Crippen LogP contribution in [-0.4, -0.2) is 23.0 Å². The third-order valence-electron chi connectivity index (χ3n) is 3.30. The van der Waals surface area contributed by atoms with Crippen molar-refractivity contribution < 1.29 is 4.79 Å². The van der Waals surface area contributed by atoms with E-state index in [1.54, 1.807) is 12.1 Å². The third-order valence-corrected chi connectivity index (χ3v) is 5.35. The molecule has 2 atom stereocenters. The average molecular weight is 363 g/mol. The van der Waals surface area contributed by atoms with Crippen LogP contribution in [0.25, 0.3) is 0 Å². The number of halogens is 2. The molecule has 104 valence electrons. The molecule has 1 aromatic carbocycles. The zero-order valence-electron chi connectivity index (χ0n) is 10.8. The van der Waals surface area contributed by atoms with Crippen molar-refractivity contribution in [2.24, 2.45) is 0 Å². The van der Waals surface area contributed by atoms with E-state index in [1.165, 1.54) is 6.42 Å². The highest BCUT2D eigenvalue weighted by Crippen LogP contribution is 2.30. The van der Waals surface area contributed by atoms with Gasteiger partial charge in [0.05, 0.1) is 10.6 Å². The molecule has 2 nitrogen and oxygen atoms in total. The molecule has 1 fully saturated rings. The van der Waals surface area contributed by atoms with Crippen LogP contribution >= 0.6 is 39.3 Å². The van der Waals surface area contributed by atoms with E-state index in [2.05, 4.69) is 28.2 Å². The first-order chi connectivity index (χ1) is 9.10. The fourth-order valence-corrected chi connectivity index (χ4v) is 4.10. The molecule has 0 aliphatic heterocycles. The Hall–Kier alpha value is -0.190. The van der Waals surface area contributed by atoms with Crippen LogP contribution in [0.2, 0.25) is 5.02 Å². The number of hydrogen-bond donors (Lipinski definition) is 1. The number of thioether (sulfide) groups is 1. The van der Waals surface area contributed by atoms with Crippen molar-refractivity contribution in [2.75, 3.05) is 5.75 Å². The van der Waals surface area contributed by atoms with Crippen molar-refractivity contribution >= 4 is 45.2 Å². The summed E-state index contributed by atoms with van der Waals surface area (Å²) in [4.78, 5) is 12.2. The van der Waals surface area contributed by atoms with Crippen LogP contribution in [0, 0.1) is 0 Å². The molecule has 0 bridgehead atoms. The number of carbonyl (C=O) groups is 1. The van der Waals surface area contributed by atoms with Gasteiger partial charge in [-0.3, -0.25) is 4.79 Å². The van der Waals surface area contributed by atoms with Crippen LogP contribution in [0.1, 0.15) is 36.5 Å². The molecule has 0 aromatic heterocycles. The van der Waals surface area contributed by atoms with Gasteiger partial charge in [-0.15, -0.1) is 0 Å². The molecule has 1 aliphatic carbocycles. The van der Waals surface area contributed by atoms with E-state index in [9.17, 15) is 4.79 Å². The second-order valence-electron chi connectivity index (χ2n) is 4.68. The van der Waals surface area contributed by atoms with Gasteiger partial charge in [-0.05, 0) is 43.2 Å². The number of rotatable bonds is 4. The number of benzene rings is 1. The molecule has 1 saturated carbocycles. The Morgan fingerprint density at radius 3 is 3.05 bits per heavy atom. The van der Waals surface area contributed by atoms with Crippen molar-refractivity contribution in [1.82, 2.24) is 5.32 Å². The number of carbonyl (C=O) groups excluding carboxylic acids is 1. The van der Waals surface area contributed by atoms with Gasteiger partial charge in [-0.1, -0.05) is 34.5 Å². The first-order valence-corrected chi connectivity index (χ1v) is 8.69. The molecule has 1 N–H and O–H groups in total. The largest absolute Gasteiger partial charge is 0.349 e. The summed E-state index contributed by atoms with van der Waals surface area (Å²) in [6, 6.07) is 5.63. The lowest BCUT2D eigenvalue weighted by Gasteiger charge is -2.14. The fourth-order valence-electron chi connectivity index (χ4n) is 2.39. The van der Waals surface area contributed by atoms with Crippen molar-refractivity contribution in [2.45, 2.75) is 37.5 Å². The minimum Gasteiger partial charge on any atom is -0.349 e. The molecular formula is C14H17BrClNOS.